The number of rotatable bonds is 3. The maximum absolute atomic E-state index is 13.1. The Bertz CT molecular complexity index is 572. The molecule has 0 bridgehead atoms. The summed E-state index contributed by atoms with van der Waals surface area (Å²) in [6, 6.07) is 9.69. The molecule has 0 heterocycles. The molecule has 0 aliphatic heterocycles. The lowest BCUT2D eigenvalue weighted by Crippen LogP contribution is -2.01. The van der Waals surface area contributed by atoms with E-state index in [2.05, 4.69) is 0 Å². The van der Waals surface area contributed by atoms with Crippen molar-refractivity contribution in [2.45, 2.75) is 13.5 Å². The van der Waals surface area contributed by atoms with Gasteiger partial charge in [0.25, 0.3) is 0 Å². The summed E-state index contributed by atoms with van der Waals surface area (Å²) in [5.74, 6) is 0.226. The van der Waals surface area contributed by atoms with Gasteiger partial charge in [-0.05, 0) is 42.8 Å². The monoisotopic (exact) mass is 265 g/mol. The summed E-state index contributed by atoms with van der Waals surface area (Å²) in [5.41, 5.74) is 7.89. The molecule has 0 atom stereocenters. The SMILES string of the molecule is Cc1ccc(OCc2cc(F)ccc2N)c(Cl)c1. The van der Waals surface area contributed by atoms with Crippen LogP contribution in [0, 0.1) is 12.7 Å². The number of halogens is 2. The Labute approximate surface area is 110 Å². The zero-order chi connectivity index (χ0) is 13.1. The highest BCUT2D eigenvalue weighted by Crippen LogP contribution is 2.26. The van der Waals surface area contributed by atoms with E-state index in [1.807, 2.05) is 19.1 Å². The zero-order valence-electron chi connectivity index (χ0n) is 9.91. The highest BCUT2D eigenvalue weighted by atomic mass is 35.5. The topological polar surface area (TPSA) is 35.2 Å². The van der Waals surface area contributed by atoms with Gasteiger partial charge in [-0.15, -0.1) is 0 Å². The molecule has 2 aromatic rings. The number of aryl methyl sites for hydroxylation is 1. The Balaban J connectivity index is 2.13. The smallest absolute Gasteiger partial charge is 0.138 e. The van der Waals surface area contributed by atoms with Crippen LogP contribution in [0.25, 0.3) is 0 Å². The van der Waals surface area contributed by atoms with Gasteiger partial charge in [0.05, 0.1) is 5.02 Å². The van der Waals surface area contributed by atoms with Crippen LogP contribution in [0.5, 0.6) is 5.75 Å². The predicted octanol–water partition coefficient (Wildman–Crippen LogP) is 3.95. The number of hydrogen-bond acceptors (Lipinski definition) is 2. The van der Waals surface area contributed by atoms with Crippen molar-refractivity contribution in [3.63, 3.8) is 0 Å². The number of hydrogen-bond donors (Lipinski definition) is 1. The van der Waals surface area contributed by atoms with Gasteiger partial charge in [0.15, 0.2) is 0 Å². The zero-order valence-corrected chi connectivity index (χ0v) is 10.7. The molecule has 0 radical (unpaired) electrons. The van der Waals surface area contributed by atoms with Crippen LogP contribution in [-0.4, -0.2) is 0 Å². The van der Waals surface area contributed by atoms with Crippen LogP contribution < -0.4 is 10.5 Å². The van der Waals surface area contributed by atoms with Crippen LogP contribution >= 0.6 is 11.6 Å². The first-order valence-electron chi connectivity index (χ1n) is 5.49. The van der Waals surface area contributed by atoms with Gasteiger partial charge in [-0.2, -0.15) is 0 Å². The third-order valence-corrected chi connectivity index (χ3v) is 2.87. The van der Waals surface area contributed by atoms with E-state index in [0.717, 1.165) is 5.56 Å². The molecule has 18 heavy (non-hydrogen) atoms. The minimum Gasteiger partial charge on any atom is -0.487 e. The molecule has 0 spiro atoms. The van der Waals surface area contributed by atoms with E-state index in [1.54, 1.807) is 6.07 Å². The summed E-state index contributed by atoms with van der Waals surface area (Å²) in [6.07, 6.45) is 0. The number of anilines is 1. The third-order valence-electron chi connectivity index (χ3n) is 2.58. The molecule has 94 valence electrons. The number of benzene rings is 2. The second-order valence-corrected chi connectivity index (χ2v) is 4.47. The molecule has 2 N–H and O–H groups in total. The van der Waals surface area contributed by atoms with Crippen molar-refractivity contribution in [2.75, 3.05) is 5.73 Å². The van der Waals surface area contributed by atoms with Crippen LogP contribution in [0.15, 0.2) is 36.4 Å². The lowest BCUT2D eigenvalue weighted by Gasteiger charge is -2.10. The fraction of sp³-hybridized carbons (Fsp3) is 0.143. The van der Waals surface area contributed by atoms with E-state index in [0.29, 0.717) is 22.0 Å². The average molecular weight is 266 g/mol. The van der Waals surface area contributed by atoms with Gasteiger partial charge >= 0.3 is 0 Å². The van der Waals surface area contributed by atoms with Gasteiger partial charge in [-0.25, -0.2) is 4.39 Å². The Hall–Kier alpha value is -1.74. The van der Waals surface area contributed by atoms with Crippen LogP contribution in [0.3, 0.4) is 0 Å². The van der Waals surface area contributed by atoms with E-state index in [4.69, 9.17) is 22.1 Å². The van der Waals surface area contributed by atoms with Gasteiger partial charge in [0.1, 0.15) is 18.2 Å². The summed E-state index contributed by atoms with van der Waals surface area (Å²) in [4.78, 5) is 0. The molecule has 0 fully saturated rings. The highest BCUT2D eigenvalue weighted by molar-refractivity contribution is 6.32. The third kappa shape index (κ3) is 2.93. The summed E-state index contributed by atoms with van der Waals surface area (Å²) in [6.45, 7) is 2.13. The number of nitrogen functional groups attached to an aromatic ring is 1. The second-order valence-electron chi connectivity index (χ2n) is 4.07. The first-order valence-corrected chi connectivity index (χ1v) is 5.87. The number of ether oxygens (including phenoxy) is 1. The lowest BCUT2D eigenvalue weighted by atomic mass is 10.2. The van der Waals surface area contributed by atoms with E-state index < -0.39 is 0 Å². The summed E-state index contributed by atoms with van der Waals surface area (Å²) < 4.78 is 18.6. The fourth-order valence-corrected chi connectivity index (χ4v) is 1.87. The first-order chi connectivity index (χ1) is 8.56. The van der Waals surface area contributed by atoms with Gasteiger partial charge in [0, 0.05) is 11.3 Å². The number of nitrogens with two attached hydrogens (primary N) is 1. The van der Waals surface area contributed by atoms with Crippen molar-refractivity contribution in [2.24, 2.45) is 0 Å². The summed E-state index contributed by atoms with van der Waals surface area (Å²) >= 11 is 6.04. The normalized spacial score (nSPS) is 10.4. The van der Waals surface area contributed by atoms with Crippen molar-refractivity contribution < 1.29 is 9.13 Å². The standard InChI is InChI=1S/C14H13ClFNO/c1-9-2-5-14(12(15)6-9)18-8-10-7-11(16)3-4-13(10)17/h2-7H,8,17H2,1H3. The van der Waals surface area contributed by atoms with Crippen molar-refractivity contribution >= 4 is 17.3 Å². The first kappa shape index (κ1) is 12.7. The minimum atomic E-state index is -0.335. The van der Waals surface area contributed by atoms with Gasteiger partial charge in [-0.3, -0.25) is 0 Å². The average Bonchev–Trinajstić information content (AvgIpc) is 2.32. The molecule has 0 saturated carbocycles. The molecule has 0 unspecified atom stereocenters. The molecule has 2 nitrogen and oxygen atoms in total. The summed E-state index contributed by atoms with van der Waals surface area (Å²) in [5, 5.41) is 0.532. The van der Waals surface area contributed by atoms with Crippen LogP contribution in [0.1, 0.15) is 11.1 Å². The van der Waals surface area contributed by atoms with Crippen LogP contribution in [0.4, 0.5) is 10.1 Å². The molecule has 0 saturated heterocycles. The minimum absolute atomic E-state index is 0.187. The van der Waals surface area contributed by atoms with E-state index in [9.17, 15) is 4.39 Å². The molecule has 4 heteroatoms. The Kier molecular flexibility index (Phi) is 3.72. The molecule has 0 amide bonds. The van der Waals surface area contributed by atoms with Crippen molar-refractivity contribution in [3.8, 4) is 5.75 Å². The van der Waals surface area contributed by atoms with Crippen molar-refractivity contribution in [3.05, 3.63) is 58.4 Å². The van der Waals surface area contributed by atoms with Crippen molar-refractivity contribution in [1.82, 2.24) is 0 Å². The Morgan fingerprint density at radius 2 is 2.00 bits per heavy atom. The molecule has 2 aromatic carbocycles. The molecule has 0 aromatic heterocycles. The molecule has 0 aliphatic rings. The second kappa shape index (κ2) is 5.27. The maximum Gasteiger partial charge on any atom is 0.138 e. The molecular weight excluding hydrogens is 253 g/mol. The van der Waals surface area contributed by atoms with Gasteiger partial charge in [-0.1, -0.05) is 17.7 Å². The highest BCUT2D eigenvalue weighted by Gasteiger charge is 2.05. The largest absolute Gasteiger partial charge is 0.487 e. The van der Waals surface area contributed by atoms with Crippen LogP contribution in [-0.2, 0) is 6.61 Å². The Morgan fingerprint density at radius 3 is 2.72 bits per heavy atom. The van der Waals surface area contributed by atoms with Crippen LogP contribution in [0.2, 0.25) is 5.02 Å². The predicted molar refractivity (Wildman–Crippen MR) is 71.3 cm³/mol. The van der Waals surface area contributed by atoms with E-state index in [-0.39, 0.29) is 12.4 Å². The molecular formula is C14H13ClFNO. The van der Waals surface area contributed by atoms with E-state index >= 15 is 0 Å². The lowest BCUT2D eigenvalue weighted by molar-refractivity contribution is 0.306. The van der Waals surface area contributed by atoms with Gasteiger partial charge in [0.2, 0.25) is 0 Å². The molecule has 0 aliphatic carbocycles. The quantitative estimate of drug-likeness (QED) is 0.853. The summed E-state index contributed by atoms with van der Waals surface area (Å²) in [7, 11) is 0. The van der Waals surface area contributed by atoms with Crippen molar-refractivity contribution in [1.29, 1.82) is 0 Å². The fourth-order valence-electron chi connectivity index (χ4n) is 1.58. The molecule has 2 rings (SSSR count). The van der Waals surface area contributed by atoms with Gasteiger partial charge < -0.3 is 10.5 Å². The van der Waals surface area contributed by atoms with E-state index in [1.165, 1.54) is 18.2 Å². The Morgan fingerprint density at radius 1 is 1.22 bits per heavy atom. The maximum atomic E-state index is 13.1.